The molecule has 0 saturated heterocycles. The second kappa shape index (κ2) is 6.19. The van der Waals surface area contributed by atoms with Crippen LogP contribution >= 0.6 is 0 Å². The van der Waals surface area contributed by atoms with E-state index in [1.165, 1.54) is 6.07 Å². The maximum Gasteiger partial charge on any atom is 0.131 e. The van der Waals surface area contributed by atoms with Crippen molar-refractivity contribution < 1.29 is 4.39 Å². The van der Waals surface area contributed by atoms with Crippen molar-refractivity contribution in [3.8, 4) is 0 Å². The zero-order chi connectivity index (χ0) is 14.5. The lowest BCUT2D eigenvalue weighted by Gasteiger charge is -2.10. The smallest absolute Gasteiger partial charge is 0.131 e. The van der Waals surface area contributed by atoms with Crippen molar-refractivity contribution in [3.63, 3.8) is 0 Å². The third-order valence-corrected chi connectivity index (χ3v) is 3.36. The first kappa shape index (κ1) is 13.3. The molecule has 3 aromatic carbocycles. The van der Waals surface area contributed by atoms with Crippen LogP contribution in [0.3, 0.4) is 0 Å². The van der Waals surface area contributed by atoms with Crippen molar-refractivity contribution in [3.05, 3.63) is 107 Å². The van der Waals surface area contributed by atoms with Gasteiger partial charge in [-0.25, -0.2) is 4.39 Å². The third kappa shape index (κ3) is 3.09. The fourth-order valence-electron chi connectivity index (χ4n) is 2.33. The Morgan fingerprint density at radius 2 is 1.24 bits per heavy atom. The van der Waals surface area contributed by atoms with Crippen LogP contribution in [0.5, 0.6) is 0 Å². The summed E-state index contributed by atoms with van der Waals surface area (Å²) in [4.78, 5) is 0. The van der Waals surface area contributed by atoms with E-state index in [1.54, 1.807) is 6.07 Å². The average Bonchev–Trinajstić information content (AvgIpc) is 2.55. The minimum absolute atomic E-state index is 0.205. The van der Waals surface area contributed by atoms with Crippen molar-refractivity contribution >= 4 is 11.6 Å². The molecule has 0 saturated carbocycles. The molecule has 0 aliphatic heterocycles. The highest BCUT2D eigenvalue weighted by molar-refractivity contribution is 5.91. The van der Waals surface area contributed by atoms with Gasteiger partial charge in [0.2, 0.25) is 0 Å². The van der Waals surface area contributed by atoms with Crippen LogP contribution in [0.15, 0.2) is 84.9 Å². The molecule has 0 unspecified atom stereocenters. The van der Waals surface area contributed by atoms with Gasteiger partial charge in [0.05, 0.1) is 0 Å². The number of rotatable bonds is 3. The van der Waals surface area contributed by atoms with Crippen LogP contribution in [-0.2, 0) is 0 Å². The lowest BCUT2D eigenvalue weighted by Crippen LogP contribution is -1.92. The molecule has 0 amide bonds. The third-order valence-electron chi connectivity index (χ3n) is 3.36. The molecule has 0 spiro atoms. The predicted molar refractivity (Wildman–Crippen MR) is 86.3 cm³/mol. The van der Waals surface area contributed by atoms with Crippen molar-refractivity contribution in [2.24, 2.45) is 0 Å². The molecule has 0 aliphatic rings. The molecule has 3 rings (SSSR count). The molecule has 0 atom stereocenters. The van der Waals surface area contributed by atoms with E-state index in [0.29, 0.717) is 5.56 Å². The van der Waals surface area contributed by atoms with Crippen LogP contribution in [-0.4, -0.2) is 0 Å². The van der Waals surface area contributed by atoms with E-state index in [2.05, 4.69) is 0 Å². The van der Waals surface area contributed by atoms with Crippen LogP contribution in [0.1, 0.15) is 16.7 Å². The summed E-state index contributed by atoms with van der Waals surface area (Å²) in [7, 11) is 0. The molecule has 21 heavy (non-hydrogen) atoms. The van der Waals surface area contributed by atoms with Crippen LogP contribution in [0.4, 0.5) is 4.39 Å². The molecular formula is C20H15F. The Labute approximate surface area is 124 Å². The summed E-state index contributed by atoms with van der Waals surface area (Å²) in [5.74, 6) is -0.205. The first-order valence-electron chi connectivity index (χ1n) is 6.92. The van der Waals surface area contributed by atoms with Gasteiger partial charge < -0.3 is 0 Å². The summed E-state index contributed by atoms with van der Waals surface area (Å²) in [6.45, 7) is 0. The number of hydrogen-bond acceptors (Lipinski definition) is 0. The molecule has 102 valence electrons. The van der Waals surface area contributed by atoms with Crippen LogP contribution < -0.4 is 0 Å². The Morgan fingerprint density at radius 3 is 1.90 bits per heavy atom. The quantitative estimate of drug-likeness (QED) is 0.560. The van der Waals surface area contributed by atoms with E-state index in [4.69, 9.17) is 0 Å². The number of benzene rings is 3. The average molecular weight is 274 g/mol. The molecule has 0 aliphatic carbocycles. The van der Waals surface area contributed by atoms with Gasteiger partial charge in [-0.15, -0.1) is 0 Å². The Morgan fingerprint density at radius 1 is 0.667 bits per heavy atom. The molecule has 0 fully saturated rings. The van der Waals surface area contributed by atoms with Crippen molar-refractivity contribution in [2.45, 2.75) is 0 Å². The van der Waals surface area contributed by atoms with Crippen LogP contribution in [0.2, 0.25) is 0 Å². The van der Waals surface area contributed by atoms with E-state index in [9.17, 15) is 4.39 Å². The summed E-state index contributed by atoms with van der Waals surface area (Å²) in [5.41, 5.74) is 3.57. The molecule has 0 bridgehead atoms. The van der Waals surface area contributed by atoms with Gasteiger partial charge in [0.15, 0.2) is 0 Å². The highest BCUT2D eigenvalue weighted by atomic mass is 19.1. The Bertz CT molecular complexity index is 743. The highest BCUT2D eigenvalue weighted by Gasteiger charge is 2.09. The second-order valence-corrected chi connectivity index (χ2v) is 4.81. The largest absolute Gasteiger partial charge is 0.206 e. The first-order chi connectivity index (χ1) is 10.3. The molecule has 3 aromatic rings. The van der Waals surface area contributed by atoms with E-state index in [1.807, 2.05) is 78.9 Å². The molecule has 0 N–H and O–H groups in total. The van der Waals surface area contributed by atoms with E-state index < -0.39 is 0 Å². The Balaban J connectivity index is 2.17. The topological polar surface area (TPSA) is 0 Å². The summed E-state index contributed by atoms with van der Waals surface area (Å²) >= 11 is 0. The van der Waals surface area contributed by atoms with E-state index >= 15 is 0 Å². The van der Waals surface area contributed by atoms with Gasteiger partial charge in [-0.05, 0) is 28.8 Å². The normalized spacial score (nSPS) is 11.4. The van der Waals surface area contributed by atoms with Crippen LogP contribution in [0.25, 0.3) is 11.6 Å². The molecule has 0 radical (unpaired) electrons. The monoisotopic (exact) mass is 274 g/mol. The first-order valence-corrected chi connectivity index (χ1v) is 6.92. The van der Waals surface area contributed by atoms with Crippen LogP contribution in [0, 0.1) is 5.82 Å². The minimum atomic E-state index is -0.205. The van der Waals surface area contributed by atoms with Crippen molar-refractivity contribution in [1.82, 2.24) is 0 Å². The SMILES string of the molecule is Fc1ccccc1C(=Cc1ccccc1)c1ccccc1. The Kier molecular flexibility index (Phi) is 3.92. The molecular weight excluding hydrogens is 259 g/mol. The van der Waals surface area contributed by atoms with E-state index in [0.717, 1.165) is 16.7 Å². The molecule has 0 nitrogen and oxygen atoms in total. The summed E-state index contributed by atoms with van der Waals surface area (Å²) in [5, 5.41) is 0. The zero-order valence-corrected chi connectivity index (χ0v) is 11.5. The van der Waals surface area contributed by atoms with Crippen molar-refractivity contribution in [2.75, 3.05) is 0 Å². The fraction of sp³-hybridized carbons (Fsp3) is 0. The summed E-state index contributed by atoms with van der Waals surface area (Å²) in [6.07, 6.45) is 2.02. The number of halogens is 1. The maximum absolute atomic E-state index is 14.2. The predicted octanol–water partition coefficient (Wildman–Crippen LogP) is 5.41. The molecule has 1 heteroatoms. The van der Waals surface area contributed by atoms with Gasteiger partial charge in [-0.2, -0.15) is 0 Å². The van der Waals surface area contributed by atoms with Gasteiger partial charge in [0.25, 0.3) is 0 Å². The fourth-order valence-corrected chi connectivity index (χ4v) is 2.33. The standard InChI is InChI=1S/C20H15F/c21-20-14-8-7-13-18(20)19(17-11-5-2-6-12-17)15-16-9-3-1-4-10-16/h1-15H. The number of hydrogen-bond donors (Lipinski definition) is 0. The maximum atomic E-state index is 14.2. The van der Waals surface area contributed by atoms with E-state index in [-0.39, 0.29) is 5.82 Å². The zero-order valence-electron chi connectivity index (χ0n) is 11.5. The highest BCUT2D eigenvalue weighted by Crippen LogP contribution is 2.27. The molecule has 0 aromatic heterocycles. The summed E-state index contributed by atoms with van der Waals surface area (Å²) in [6, 6.07) is 26.8. The lowest BCUT2D eigenvalue weighted by molar-refractivity contribution is 0.624. The van der Waals surface area contributed by atoms with Crippen molar-refractivity contribution in [1.29, 1.82) is 0 Å². The van der Waals surface area contributed by atoms with Gasteiger partial charge in [0.1, 0.15) is 5.82 Å². The van der Waals surface area contributed by atoms with Gasteiger partial charge in [-0.1, -0.05) is 78.9 Å². The van der Waals surface area contributed by atoms with Gasteiger partial charge in [0, 0.05) is 5.56 Å². The van der Waals surface area contributed by atoms with Gasteiger partial charge >= 0.3 is 0 Å². The minimum Gasteiger partial charge on any atom is -0.206 e. The lowest BCUT2D eigenvalue weighted by atomic mass is 9.95. The van der Waals surface area contributed by atoms with Gasteiger partial charge in [-0.3, -0.25) is 0 Å². The summed E-state index contributed by atoms with van der Waals surface area (Å²) < 4.78 is 14.2. The molecule has 0 heterocycles. The Hall–Kier alpha value is -2.67. The second-order valence-electron chi connectivity index (χ2n) is 4.81.